The van der Waals surface area contributed by atoms with Crippen molar-refractivity contribution in [3.05, 3.63) is 107 Å². The summed E-state index contributed by atoms with van der Waals surface area (Å²) in [5.74, 6) is -2.66. The molecule has 0 spiro atoms. The molecule has 4 amide bonds. The maximum atomic E-state index is 14.8. The van der Waals surface area contributed by atoms with Crippen LogP contribution in [-0.2, 0) is 59.4 Å². The first-order valence-corrected chi connectivity index (χ1v) is 24.2. The van der Waals surface area contributed by atoms with E-state index in [0.29, 0.717) is 43.5 Å². The van der Waals surface area contributed by atoms with Crippen molar-refractivity contribution < 1.29 is 38.6 Å². The molecule has 3 aliphatic rings. The smallest absolute Gasteiger partial charge is 0.324 e. The topological polar surface area (TPSA) is 198 Å². The van der Waals surface area contributed by atoms with Crippen molar-refractivity contribution >= 4 is 40.5 Å². The Morgan fingerprint density at radius 2 is 1.80 bits per heavy atom. The molecule has 16 heteroatoms. The molecule has 6 bridgehead atoms. The number of aromatic nitrogens is 2. The Hall–Kier alpha value is -6.62. The number of nitrogens with one attached hydrogen (secondary N) is 3. The van der Waals surface area contributed by atoms with Crippen LogP contribution in [0.1, 0.15) is 75.8 Å². The van der Waals surface area contributed by atoms with Gasteiger partial charge in [0.25, 0.3) is 5.91 Å². The number of benzene rings is 3. The van der Waals surface area contributed by atoms with E-state index in [1.54, 1.807) is 32.5 Å². The highest BCUT2D eigenvalue weighted by Crippen LogP contribution is 2.41. The van der Waals surface area contributed by atoms with Gasteiger partial charge in [-0.1, -0.05) is 70.2 Å². The number of amides is 4. The fraction of sp³-hybridized carbons (Fsp3) is 0.444. The molecule has 5 atom stereocenters. The van der Waals surface area contributed by atoms with Crippen LogP contribution >= 0.6 is 0 Å². The first kappa shape index (κ1) is 49.8. The summed E-state index contributed by atoms with van der Waals surface area (Å²) >= 11 is 0. The molecule has 70 heavy (non-hydrogen) atoms. The molecule has 8 rings (SSSR count). The Morgan fingerprint density at radius 1 is 1.03 bits per heavy atom. The van der Waals surface area contributed by atoms with Gasteiger partial charge in [0.05, 0.1) is 31.5 Å². The minimum absolute atomic E-state index is 0.0216. The largest absolute Gasteiger partial charge is 0.508 e. The van der Waals surface area contributed by atoms with Gasteiger partial charge >= 0.3 is 5.97 Å². The summed E-state index contributed by atoms with van der Waals surface area (Å²) in [4.78, 5) is 77.8. The third kappa shape index (κ3) is 10.6. The number of aryl methyl sites for hydroxylation is 1. The Bertz CT molecular complexity index is 2770. The van der Waals surface area contributed by atoms with Gasteiger partial charge in [0.1, 0.15) is 29.9 Å². The predicted octanol–water partition coefficient (Wildman–Crippen LogP) is 5.55. The molecule has 5 aromatic rings. The molecule has 16 nitrogen and oxygen atoms in total. The lowest BCUT2D eigenvalue weighted by molar-refractivity contribution is -0.155. The molecule has 2 fully saturated rings. The van der Waals surface area contributed by atoms with E-state index in [-0.39, 0.29) is 43.8 Å². The summed E-state index contributed by atoms with van der Waals surface area (Å²) in [5, 5.41) is 19.9. The molecule has 370 valence electrons. The van der Waals surface area contributed by atoms with Crippen molar-refractivity contribution in [3.8, 4) is 28.1 Å². The van der Waals surface area contributed by atoms with Gasteiger partial charge in [0.15, 0.2) is 0 Å². The zero-order valence-corrected chi connectivity index (χ0v) is 41.5. The fourth-order valence-electron chi connectivity index (χ4n) is 10.2. The average molecular weight is 955 g/mol. The predicted molar refractivity (Wildman–Crippen MR) is 266 cm³/mol. The van der Waals surface area contributed by atoms with Crippen molar-refractivity contribution in [2.75, 3.05) is 40.9 Å². The lowest BCUT2D eigenvalue weighted by atomic mass is 9.84. The molecule has 3 aromatic carbocycles. The number of carbonyl (C=O) groups excluding carboxylic acids is 5. The van der Waals surface area contributed by atoms with Crippen LogP contribution in [0.5, 0.6) is 5.75 Å². The highest BCUT2D eigenvalue weighted by Gasteiger charge is 2.45. The molecule has 0 aliphatic carbocycles. The highest BCUT2D eigenvalue weighted by molar-refractivity contribution is 5.96. The Labute approximate surface area is 409 Å². The number of ether oxygens (including phenoxy) is 2. The van der Waals surface area contributed by atoms with Crippen molar-refractivity contribution in [3.63, 3.8) is 0 Å². The van der Waals surface area contributed by atoms with Gasteiger partial charge in [-0.05, 0) is 95.8 Å². The summed E-state index contributed by atoms with van der Waals surface area (Å²) < 4.78 is 14.0. The number of nitrogens with zero attached hydrogens (tertiary/aromatic N) is 5. The van der Waals surface area contributed by atoms with Crippen LogP contribution in [0.3, 0.4) is 0 Å². The van der Waals surface area contributed by atoms with Crippen LogP contribution in [-0.4, -0.2) is 124 Å². The first-order chi connectivity index (χ1) is 33.5. The van der Waals surface area contributed by atoms with Crippen LogP contribution in [0.4, 0.5) is 0 Å². The number of esters is 1. The minimum Gasteiger partial charge on any atom is -0.508 e. The number of hydrogen-bond donors (Lipinski definition) is 4. The van der Waals surface area contributed by atoms with Crippen molar-refractivity contribution in [1.82, 2.24) is 40.4 Å². The maximum absolute atomic E-state index is 14.8. The van der Waals surface area contributed by atoms with E-state index in [1.165, 1.54) is 21.9 Å². The number of pyridine rings is 1. The van der Waals surface area contributed by atoms with Crippen LogP contribution in [0, 0.1) is 11.3 Å². The van der Waals surface area contributed by atoms with Gasteiger partial charge in [-0.15, -0.1) is 0 Å². The number of methoxy groups -OCH3 is 1. The molecule has 5 heterocycles. The summed E-state index contributed by atoms with van der Waals surface area (Å²) in [5.41, 5.74) is 10.6. The van der Waals surface area contributed by atoms with Gasteiger partial charge in [-0.2, -0.15) is 0 Å². The van der Waals surface area contributed by atoms with Crippen LogP contribution < -0.4 is 16.1 Å². The number of fused-ring (bicyclic) bond motifs is 6. The number of aromatic hydroxyl groups is 1. The van der Waals surface area contributed by atoms with E-state index in [1.807, 2.05) is 68.6 Å². The van der Waals surface area contributed by atoms with E-state index >= 15 is 0 Å². The zero-order valence-electron chi connectivity index (χ0n) is 41.5. The number of rotatable bonds is 12. The lowest BCUT2D eigenvalue weighted by Gasteiger charge is -2.37. The number of hydrogen-bond acceptors (Lipinski definition) is 11. The van der Waals surface area contributed by atoms with Crippen LogP contribution in [0.25, 0.3) is 33.3 Å². The maximum Gasteiger partial charge on any atom is 0.324 e. The van der Waals surface area contributed by atoms with E-state index < -0.39 is 59.2 Å². The summed E-state index contributed by atoms with van der Waals surface area (Å²) in [6.07, 6.45) is 5.07. The van der Waals surface area contributed by atoms with E-state index in [2.05, 4.69) is 58.5 Å². The van der Waals surface area contributed by atoms with Gasteiger partial charge in [0.2, 0.25) is 17.7 Å². The number of cyclic esters (lactones) is 1. The Balaban J connectivity index is 1.13. The molecule has 1 unspecified atom stereocenters. The standard InChI is InChI=1S/C54H66N8O8/c1-9-61-44-18-17-35-26-39(44)40(49(61)41-28-55-20-19-36(41)30-69-8)27-54(4,5)31-70-53(68)42-16-13-21-62(58-42)51(66)43(24-33-22-37(35)25-38(63)23-33)56-50(65)48(32(2)3)60(7)45(64)29-59(6)52(67)47-46(57-47)34-14-11-10-12-15-34/h10-12,14-15,17-20,22-23,25-26,28,32,42-43,46-48,57-58,63H,9,13,16,21,24,27,29-31H2,1-8H3,(H,56,65)/t42-,43-,46+,47+,48?/m0/s1. The molecule has 0 saturated carbocycles. The van der Waals surface area contributed by atoms with Gasteiger partial charge in [0, 0.05) is 75.0 Å². The number of carbonyl (C=O) groups is 5. The molecule has 3 aliphatic heterocycles. The first-order valence-electron chi connectivity index (χ1n) is 24.2. The summed E-state index contributed by atoms with van der Waals surface area (Å²) in [6, 6.07) is 19.3. The third-order valence-electron chi connectivity index (χ3n) is 13.8. The van der Waals surface area contributed by atoms with E-state index in [9.17, 15) is 29.1 Å². The quantitative estimate of drug-likeness (QED) is 0.0905. The number of likely N-dealkylation sites (N-methyl/N-ethyl adjacent to an activating group) is 2. The van der Waals surface area contributed by atoms with Crippen molar-refractivity contribution in [2.24, 2.45) is 11.3 Å². The molecule has 0 radical (unpaired) electrons. The zero-order chi connectivity index (χ0) is 50.0. The number of hydrazine groups is 1. The van der Waals surface area contributed by atoms with Gasteiger partial charge in [-0.3, -0.25) is 39.3 Å². The van der Waals surface area contributed by atoms with E-state index in [0.717, 1.165) is 44.4 Å². The van der Waals surface area contributed by atoms with Crippen LogP contribution in [0.2, 0.25) is 0 Å². The SMILES string of the molecule is CCn1c(-c2cnccc2COC)c2c3cc(ccc31)-c1cc(O)cc(c1)C[C@H](NC(=O)C(C(C)C)N(C)C(=O)CN(C)C(=O)[C@@H]1N[C@@H]1c1ccccc1)C(=O)N1CCC[C@H](N1)C(=O)OCC(C)(C)C2. The molecular weight excluding hydrogens is 889 g/mol. The molecule has 2 aromatic heterocycles. The molecule has 2 saturated heterocycles. The van der Waals surface area contributed by atoms with Crippen molar-refractivity contribution in [1.29, 1.82) is 0 Å². The Morgan fingerprint density at radius 3 is 2.53 bits per heavy atom. The van der Waals surface area contributed by atoms with E-state index in [4.69, 9.17) is 9.47 Å². The Kier molecular flexibility index (Phi) is 14.8. The summed E-state index contributed by atoms with van der Waals surface area (Å²) in [7, 11) is 4.76. The average Bonchev–Trinajstić information content (AvgIpc) is 4.09. The highest BCUT2D eigenvalue weighted by atomic mass is 16.5. The lowest BCUT2D eigenvalue weighted by Crippen LogP contribution is -2.62. The molecular formula is C54H66N8O8. The second-order valence-electron chi connectivity index (χ2n) is 20.1. The van der Waals surface area contributed by atoms with Gasteiger partial charge < -0.3 is 34.3 Å². The number of phenolic OH excluding ortho intramolecular Hbond substituents is 1. The monoisotopic (exact) mass is 955 g/mol. The normalized spacial score (nSPS) is 20.6. The number of phenols is 1. The second kappa shape index (κ2) is 20.8. The van der Waals surface area contributed by atoms with Crippen molar-refractivity contribution in [2.45, 2.75) is 104 Å². The van der Waals surface area contributed by atoms with Gasteiger partial charge in [-0.25, -0.2) is 5.43 Å². The van der Waals surface area contributed by atoms with Crippen LogP contribution in [0.15, 0.2) is 85.2 Å². The second-order valence-corrected chi connectivity index (χ2v) is 20.1. The third-order valence-corrected chi connectivity index (χ3v) is 13.8. The molecule has 4 N–H and O–H groups in total. The summed E-state index contributed by atoms with van der Waals surface area (Å²) in [6.45, 7) is 11.0. The fourth-order valence-corrected chi connectivity index (χ4v) is 10.2. The minimum atomic E-state index is -1.19.